The van der Waals surface area contributed by atoms with Crippen LogP contribution in [0.5, 0.6) is 0 Å². The van der Waals surface area contributed by atoms with Crippen molar-refractivity contribution < 1.29 is 8.42 Å². The van der Waals surface area contributed by atoms with Gasteiger partial charge >= 0.3 is 0 Å². The number of nitrogens with one attached hydrogen (secondary N) is 2. The Hall–Kier alpha value is -2.72. The van der Waals surface area contributed by atoms with Crippen molar-refractivity contribution in [1.29, 1.82) is 0 Å². The Labute approximate surface area is 163 Å². The molecule has 3 aromatic rings. The van der Waals surface area contributed by atoms with Crippen molar-refractivity contribution in [1.82, 2.24) is 24.7 Å². The molecule has 1 fully saturated rings. The molecule has 1 atom stereocenters. The molecule has 28 heavy (non-hydrogen) atoms. The van der Waals surface area contributed by atoms with Crippen LogP contribution in [0.3, 0.4) is 0 Å². The van der Waals surface area contributed by atoms with E-state index in [1.807, 2.05) is 19.3 Å². The summed E-state index contributed by atoms with van der Waals surface area (Å²) in [5, 5.41) is 1.02. The van der Waals surface area contributed by atoms with Crippen LogP contribution in [0.4, 0.5) is 11.6 Å². The summed E-state index contributed by atoms with van der Waals surface area (Å²) in [5.74, 6) is 1.68. The van der Waals surface area contributed by atoms with Crippen molar-refractivity contribution in [3.8, 4) is 0 Å². The quantitative estimate of drug-likeness (QED) is 0.642. The van der Waals surface area contributed by atoms with E-state index in [4.69, 9.17) is 0 Å². The standard InChI is InChI=1S/C18H23N7O2S/c1-3-23-28(26,27)14-4-5-16(20-10-14)24(2)13-7-9-25(11-13)18-15-6-8-19-17(15)21-12-22-18/h4-6,8,10,12-13,23H,3,7,9,11H2,1-2H3,(H,19,21,22)/t13-/m1/s1. The molecule has 1 aliphatic rings. The molecule has 0 radical (unpaired) electrons. The van der Waals surface area contributed by atoms with Gasteiger partial charge in [0, 0.05) is 45.1 Å². The Morgan fingerprint density at radius 1 is 1.29 bits per heavy atom. The third-order valence-corrected chi connectivity index (χ3v) is 6.60. The molecule has 0 spiro atoms. The number of hydrogen-bond donors (Lipinski definition) is 2. The van der Waals surface area contributed by atoms with Crippen LogP contribution in [0.25, 0.3) is 11.0 Å². The Bertz CT molecular complexity index is 1060. The maximum absolute atomic E-state index is 12.1. The number of rotatable bonds is 6. The Balaban J connectivity index is 1.49. The predicted octanol–water partition coefficient (Wildman–Crippen LogP) is 1.37. The normalized spacial score (nSPS) is 17.4. The first-order valence-corrected chi connectivity index (χ1v) is 10.7. The molecule has 0 aromatic carbocycles. The van der Waals surface area contributed by atoms with Gasteiger partial charge in [0.15, 0.2) is 0 Å². The van der Waals surface area contributed by atoms with E-state index in [9.17, 15) is 8.42 Å². The molecule has 2 N–H and O–H groups in total. The molecular weight excluding hydrogens is 378 g/mol. The van der Waals surface area contributed by atoms with Crippen molar-refractivity contribution >= 4 is 32.7 Å². The topological polar surface area (TPSA) is 107 Å². The number of pyridine rings is 1. The molecule has 1 saturated heterocycles. The van der Waals surface area contributed by atoms with Crippen molar-refractivity contribution in [2.75, 3.05) is 36.5 Å². The van der Waals surface area contributed by atoms with Crippen LogP contribution >= 0.6 is 0 Å². The van der Waals surface area contributed by atoms with E-state index in [1.54, 1.807) is 25.4 Å². The molecule has 9 nitrogen and oxygen atoms in total. The lowest BCUT2D eigenvalue weighted by Gasteiger charge is -2.26. The Kier molecular flexibility index (Phi) is 4.90. The van der Waals surface area contributed by atoms with Crippen LogP contribution in [-0.4, -0.2) is 61.1 Å². The number of hydrogen-bond acceptors (Lipinski definition) is 7. The maximum Gasteiger partial charge on any atom is 0.242 e. The number of aromatic amines is 1. The van der Waals surface area contributed by atoms with Crippen LogP contribution < -0.4 is 14.5 Å². The maximum atomic E-state index is 12.1. The monoisotopic (exact) mass is 401 g/mol. The first kappa shape index (κ1) is 18.6. The molecule has 3 aromatic heterocycles. The van der Waals surface area contributed by atoms with E-state index < -0.39 is 10.0 Å². The van der Waals surface area contributed by atoms with Gasteiger partial charge in [0.1, 0.15) is 28.5 Å². The van der Waals surface area contributed by atoms with Gasteiger partial charge in [-0.05, 0) is 24.6 Å². The third kappa shape index (κ3) is 3.40. The zero-order chi connectivity index (χ0) is 19.7. The first-order valence-electron chi connectivity index (χ1n) is 9.21. The fourth-order valence-electron chi connectivity index (χ4n) is 3.56. The van der Waals surface area contributed by atoms with Gasteiger partial charge in [-0.1, -0.05) is 6.92 Å². The minimum atomic E-state index is -3.49. The van der Waals surface area contributed by atoms with Crippen molar-refractivity contribution in [2.24, 2.45) is 0 Å². The van der Waals surface area contributed by atoms with Gasteiger partial charge in [-0.3, -0.25) is 0 Å². The number of aromatic nitrogens is 4. The summed E-state index contributed by atoms with van der Waals surface area (Å²) in [4.78, 5) is 20.7. The van der Waals surface area contributed by atoms with Gasteiger partial charge in [0.05, 0.1) is 5.39 Å². The summed E-state index contributed by atoms with van der Waals surface area (Å²) in [6.45, 7) is 3.79. The van der Waals surface area contributed by atoms with Gasteiger partial charge in [-0.2, -0.15) is 0 Å². The molecule has 4 heterocycles. The zero-order valence-electron chi connectivity index (χ0n) is 15.8. The minimum Gasteiger partial charge on any atom is -0.355 e. The fraction of sp³-hybridized carbons (Fsp3) is 0.389. The lowest BCUT2D eigenvalue weighted by Crippen LogP contribution is -2.35. The van der Waals surface area contributed by atoms with Crippen molar-refractivity contribution in [3.63, 3.8) is 0 Å². The summed E-state index contributed by atoms with van der Waals surface area (Å²) < 4.78 is 26.6. The number of anilines is 2. The summed E-state index contributed by atoms with van der Waals surface area (Å²) in [7, 11) is -1.50. The van der Waals surface area contributed by atoms with E-state index in [0.717, 1.165) is 42.2 Å². The van der Waals surface area contributed by atoms with Crippen LogP contribution in [0, 0.1) is 0 Å². The molecule has 1 aliphatic heterocycles. The van der Waals surface area contributed by atoms with Gasteiger partial charge < -0.3 is 14.8 Å². The highest BCUT2D eigenvalue weighted by atomic mass is 32.2. The minimum absolute atomic E-state index is 0.176. The lowest BCUT2D eigenvalue weighted by molar-refractivity contribution is 0.583. The molecule has 4 rings (SSSR count). The molecule has 0 amide bonds. The number of sulfonamides is 1. The predicted molar refractivity (Wildman–Crippen MR) is 108 cm³/mol. The molecular formula is C18H23N7O2S. The first-order chi connectivity index (χ1) is 13.5. The number of H-pyrrole nitrogens is 1. The van der Waals surface area contributed by atoms with Gasteiger partial charge in [0.25, 0.3) is 0 Å². The molecule has 148 valence electrons. The van der Waals surface area contributed by atoms with E-state index in [0.29, 0.717) is 6.54 Å². The average molecular weight is 401 g/mol. The number of nitrogens with zero attached hydrogens (tertiary/aromatic N) is 5. The van der Waals surface area contributed by atoms with Gasteiger partial charge in [-0.25, -0.2) is 28.1 Å². The lowest BCUT2D eigenvalue weighted by atomic mass is 10.2. The molecule has 0 saturated carbocycles. The highest BCUT2D eigenvalue weighted by Gasteiger charge is 2.28. The zero-order valence-corrected chi connectivity index (χ0v) is 16.6. The Morgan fingerprint density at radius 3 is 2.89 bits per heavy atom. The molecule has 0 aliphatic carbocycles. The van der Waals surface area contributed by atoms with E-state index in [-0.39, 0.29) is 10.9 Å². The summed E-state index contributed by atoms with van der Waals surface area (Å²) in [6, 6.07) is 5.60. The highest BCUT2D eigenvalue weighted by Crippen LogP contribution is 2.28. The van der Waals surface area contributed by atoms with Gasteiger partial charge in [0.2, 0.25) is 10.0 Å². The summed E-state index contributed by atoms with van der Waals surface area (Å²) >= 11 is 0. The molecule has 0 unspecified atom stereocenters. The van der Waals surface area contributed by atoms with E-state index >= 15 is 0 Å². The fourth-order valence-corrected chi connectivity index (χ4v) is 4.55. The second-order valence-corrected chi connectivity index (χ2v) is 8.56. The third-order valence-electron chi connectivity index (χ3n) is 5.07. The summed E-state index contributed by atoms with van der Waals surface area (Å²) in [5.41, 5.74) is 0.834. The van der Waals surface area contributed by atoms with Crippen molar-refractivity contribution in [2.45, 2.75) is 24.3 Å². The second kappa shape index (κ2) is 7.36. The van der Waals surface area contributed by atoms with E-state index in [2.05, 4.69) is 34.5 Å². The Morgan fingerprint density at radius 2 is 2.14 bits per heavy atom. The van der Waals surface area contributed by atoms with Crippen LogP contribution in [0.15, 0.2) is 41.8 Å². The van der Waals surface area contributed by atoms with Crippen LogP contribution in [0.1, 0.15) is 13.3 Å². The highest BCUT2D eigenvalue weighted by molar-refractivity contribution is 7.89. The molecule has 0 bridgehead atoms. The van der Waals surface area contributed by atoms with Gasteiger partial charge in [-0.15, -0.1) is 0 Å². The number of likely N-dealkylation sites (N-methyl/N-ethyl adjacent to an activating group) is 1. The number of fused-ring (bicyclic) bond motifs is 1. The van der Waals surface area contributed by atoms with Crippen LogP contribution in [-0.2, 0) is 10.0 Å². The smallest absolute Gasteiger partial charge is 0.242 e. The van der Waals surface area contributed by atoms with Crippen LogP contribution in [0.2, 0.25) is 0 Å². The molecule has 10 heteroatoms. The summed E-state index contributed by atoms with van der Waals surface area (Å²) in [6.07, 6.45) is 5.82. The second-order valence-electron chi connectivity index (χ2n) is 6.79. The SMILES string of the molecule is CCNS(=O)(=O)c1ccc(N(C)[C@@H]2CCN(c3ncnc4[nH]ccc34)C2)nc1. The van der Waals surface area contributed by atoms with E-state index in [1.165, 1.54) is 6.20 Å². The average Bonchev–Trinajstić information content (AvgIpc) is 3.37. The largest absolute Gasteiger partial charge is 0.355 e. The van der Waals surface area contributed by atoms with Crippen molar-refractivity contribution in [3.05, 3.63) is 36.9 Å².